The molecule has 0 aliphatic rings. The Hall–Kier alpha value is -1.07. The summed E-state index contributed by atoms with van der Waals surface area (Å²) in [5.41, 5.74) is 5.93. The molecule has 0 fully saturated rings. The van der Waals surface area contributed by atoms with Crippen LogP contribution in [-0.2, 0) is 0 Å². The highest BCUT2D eigenvalue weighted by molar-refractivity contribution is 5.71. The number of rotatable bonds is 3. The van der Waals surface area contributed by atoms with Crippen molar-refractivity contribution in [1.82, 2.24) is 16.3 Å². The summed E-state index contributed by atoms with van der Waals surface area (Å²) in [4.78, 5) is 10.1. The van der Waals surface area contributed by atoms with Crippen LogP contribution in [0.25, 0.3) is 0 Å². The van der Waals surface area contributed by atoms with Crippen molar-refractivity contribution >= 4 is 6.03 Å². The monoisotopic (exact) mass is 131 g/mol. The number of urea groups is 1. The topological polar surface area (TPSA) is 73.4 Å². The van der Waals surface area contributed by atoms with Crippen molar-refractivity contribution in [2.45, 2.75) is 0 Å². The maximum absolute atomic E-state index is 10.1. The highest BCUT2D eigenvalue weighted by Crippen LogP contribution is 1.56. The third-order valence-electron chi connectivity index (χ3n) is 0.550. The predicted octanol–water partition coefficient (Wildman–Crippen LogP) is -0.635. The van der Waals surface area contributed by atoms with E-state index in [1.165, 1.54) is 5.48 Å². The van der Waals surface area contributed by atoms with Gasteiger partial charge in [-0.2, -0.15) is 0 Å². The van der Waals surface area contributed by atoms with Gasteiger partial charge in [-0.1, -0.05) is 6.08 Å². The fraction of sp³-hybridized carbons (Fsp3) is 0.250. The van der Waals surface area contributed by atoms with Gasteiger partial charge in [-0.3, -0.25) is 10.6 Å². The van der Waals surface area contributed by atoms with Crippen LogP contribution in [0.1, 0.15) is 0 Å². The van der Waals surface area contributed by atoms with Gasteiger partial charge in [-0.05, 0) is 0 Å². The Morgan fingerprint density at radius 2 is 2.44 bits per heavy atom. The zero-order valence-corrected chi connectivity index (χ0v) is 4.85. The highest BCUT2D eigenvalue weighted by atomic mass is 16.5. The van der Waals surface area contributed by atoms with Crippen LogP contribution in [0.4, 0.5) is 4.79 Å². The van der Waals surface area contributed by atoms with Gasteiger partial charge in [0.05, 0.1) is 0 Å². The van der Waals surface area contributed by atoms with Gasteiger partial charge in [-0.25, -0.2) is 15.7 Å². The first kappa shape index (κ1) is 7.93. The number of hydrazine groups is 1. The van der Waals surface area contributed by atoms with Crippen LogP contribution >= 0.6 is 0 Å². The van der Waals surface area contributed by atoms with Crippen molar-refractivity contribution in [2.75, 3.05) is 6.54 Å². The van der Waals surface area contributed by atoms with Crippen LogP contribution in [0.5, 0.6) is 0 Å². The van der Waals surface area contributed by atoms with Crippen LogP contribution < -0.4 is 16.3 Å². The van der Waals surface area contributed by atoms with E-state index in [2.05, 4.69) is 17.4 Å². The molecule has 5 nitrogen and oxygen atoms in total. The van der Waals surface area contributed by atoms with E-state index < -0.39 is 6.03 Å². The van der Waals surface area contributed by atoms with Gasteiger partial charge in [-0.15, -0.1) is 6.58 Å². The Morgan fingerprint density at radius 3 is 2.89 bits per heavy atom. The van der Waals surface area contributed by atoms with Gasteiger partial charge in [0.2, 0.25) is 0 Å². The molecule has 9 heavy (non-hydrogen) atoms. The van der Waals surface area contributed by atoms with E-state index in [9.17, 15) is 4.79 Å². The molecule has 0 bridgehead atoms. The molecule has 0 aliphatic carbocycles. The summed E-state index contributed by atoms with van der Waals surface area (Å²) in [5.74, 6) is 0. The Kier molecular flexibility index (Phi) is 4.47. The molecule has 4 N–H and O–H groups in total. The molecule has 0 aromatic heterocycles. The first-order chi connectivity index (χ1) is 4.31. The molecular weight excluding hydrogens is 122 g/mol. The summed E-state index contributed by atoms with van der Waals surface area (Å²) in [7, 11) is 0. The average Bonchev–Trinajstić information content (AvgIpc) is 1.89. The Balaban J connectivity index is 3.06. The molecule has 5 heteroatoms. The number of nitrogens with one attached hydrogen (secondary N) is 3. The molecule has 0 aliphatic heterocycles. The largest absolute Gasteiger partial charge is 0.352 e. The summed E-state index contributed by atoms with van der Waals surface area (Å²) in [6.07, 6.45) is 1.57. The van der Waals surface area contributed by atoms with Crippen LogP contribution in [0, 0.1) is 0 Å². The number of hydrogen-bond acceptors (Lipinski definition) is 3. The van der Waals surface area contributed by atoms with E-state index in [0.717, 1.165) is 0 Å². The minimum atomic E-state index is -0.697. The smallest absolute Gasteiger partial charge is 0.287 e. The predicted molar refractivity (Wildman–Crippen MR) is 31.7 cm³/mol. The molecule has 0 aromatic carbocycles. The molecule has 52 valence electrons. The third-order valence-corrected chi connectivity index (χ3v) is 0.550. The van der Waals surface area contributed by atoms with Gasteiger partial charge >= 0.3 is 6.03 Å². The molecule has 0 spiro atoms. The summed E-state index contributed by atoms with van der Waals surface area (Å²) < 4.78 is 0. The van der Waals surface area contributed by atoms with Gasteiger partial charge in [0.1, 0.15) is 0 Å². The second-order valence-corrected chi connectivity index (χ2v) is 1.24. The first-order valence-electron chi connectivity index (χ1n) is 2.35. The average molecular weight is 131 g/mol. The summed E-state index contributed by atoms with van der Waals surface area (Å²) in [6.45, 7) is 3.84. The number of hydroxylamine groups is 1. The minimum Gasteiger partial charge on any atom is -0.287 e. The fourth-order valence-electron chi connectivity index (χ4n) is 0.231. The Bertz CT molecular complexity index is 104. The molecule has 2 amide bonds. The molecular formula is C4H9N3O2. The Labute approximate surface area is 52.7 Å². The molecule has 0 atom stereocenters. The van der Waals surface area contributed by atoms with Gasteiger partial charge in [0.15, 0.2) is 0 Å². The van der Waals surface area contributed by atoms with E-state index in [-0.39, 0.29) is 0 Å². The van der Waals surface area contributed by atoms with Crippen LogP contribution in [0.3, 0.4) is 0 Å². The zero-order chi connectivity index (χ0) is 7.11. The quantitative estimate of drug-likeness (QED) is 0.178. The highest BCUT2D eigenvalue weighted by Gasteiger charge is 1.90. The number of carbonyl (C=O) groups excluding carboxylic acids is 1. The second kappa shape index (κ2) is 5.07. The van der Waals surface area contributed by atoms with Crippen molar-refractivity contribution < 1.29 is 10.0 Å². The van der Waals surface area contributed by atoms with Crippen molar-refractivity contribution in [1.29, 1.82) is 0 Å². The van der Waals surface area contributed by atoms with Crippen molar-refractivity contribution in [2.24, 2.45) is 0 Å². The summed E-state index contributed by atoms with van der Waals surface area (Å²) in [5, 5.41) is 7.91. The van der Waals surface area contributed by atoms with E-state index in [4.69, 9.17) is 5.21 Å². The molecule has 0 heterocycles. The lowest BCUT2D eigenvalue weighted by molar-refractivity contribution is 0.159. The number of carbonyl (C=O) groups is 1. The minimum absolute atomic E-state index is 0.452. The lowest BCUT2D eigenvalue weighted by atomic mass is 10.7. The van der Waals surface area contributed by atoms with E-state index in [1.54, 1.807) is 6.08 Å². The molecule has 0 saturated heterocycles. The Morgan fingerprint density at radius 1 is 1.78 bits per heavy atom. The molecule has 0 aromatic rings. The summed E-state index contributed by atoms with van der Waals surface area (Å²) >= 11 is 0. The van der Waals surface area contributed by atoms with E-state index >= 15 is 0 Å². The van der Waals surface area contributed by atoms with Gasteiger partial charge < -0.3 is 0 Å². The first-order valence-corrected chi connectivity index (χ1v) is 2.35. The number of amides is 2. The summed E-state index contributed by atoms with van der Waals surface area (Å²) in [6, 6.07) is -0.697. The number of hydrogen-bond donors (Lipinski definition) is 4. The lowest BCUT2D eigenvalue weighted by Gasteiger charge is -2.00. The van der Waals surface area contributed by atoms with Crippen LogP contribution in [0.2, 0.25) is 0 Å². The molecule has 0 unspecified atom stereocenters. The van der Waals surface area contributed by atoms with E-state index in [1.807, 2.05) is 0 Å². The lowest BCUT2D eigenvalue weighted by Crippen LogP contribution is -2.42. The van der Waals surface area contributed by atoms with Crippen LogP contribution in [-0.4, -0.2) is 17.8 Å². The van der Waals surface area contributed by atoms with Crippen molar-refractivity contribution in [3.63, 3.8) is 0 Å². The third kappa shape index (κ3) is 4.79. The SMILES string of the molecule is C=CCNNC(=O)NO. The van der Waals surface area contributed by atoms with Gasteiger partial charge in [0.25, 0.3) is 0 Å². The van der Waals surface area contributed by atoms with Crippen molar-refractivity contribution in [3.8, 4) is 0 Å². The maximum atomic E-state index is 10.1. The van der Waals surface area contributed by atoms with Crippen LogP contribution in [0.15, 0.2) is 12.7 Å². The normalized spacial score (nSPS) is 8.11. The standard InChI is InChI=1S/C4H9N3O2/c1-2-3-5-6-4(8)7-9/h2,5,9H,1,3H2,(H2,6,7,8). The fourth-order valence-corrected chi connectivity index (χ4v) is 0.231. The second-order valence-electron chi connectivity index (χ2n) is 1.24. The molecule has 0 rings (SSSR count). The zero-order valence-electron chi connectivity index (χ0n) is 4.85. The van der Waals surface area contributed by atoms with E-state index in [0.29, 0.717) is 6.54 Å². The van der Waals surface area contributed by atoms with Gasteiger partial charge in [0, 0.05) is 6.54 Å². The van der Waals surface area contributed by atoms with Crippen molar-refractivity contribution in [3.05, 3.63) is 12.7 Å². The maximum Gasteiger partial charge on any atom is 0.352 e. The molecule has 0 saturated carbocycles. The molecule has 0 radical (unpaired) electrons.